The fourth-order valence-electron chi connectivity index (χ4n) is 1.55. The van der Waals surface area contributed by atoms with Gasteiger partial charge in [0.2, 0.25) is 0 Å². The van der Waals surface area contributed by atoms with E-state index in [2.05, 4.69) is 4.98 Å². The molecule has 6 nitrogen and oxygen atoms in total. The standard InChI is InChI=1S/C13H12N2O4/c1-2-9-7-10(11(12(16)17)14-8-9)13(18)19-15-5-3-4-6-15/h3-8H,2H2,1H3,(H,16,17). The largest absolute Gasteiger partial charge is 0.476 e. The molecule has 0 aliphatic rings. The molecule has 2 rings (SSSR count). The van der Waals surface area contributed by atoms with E-state index in [-0.39, 0.29) is 11.3 Å². The van der Waals surface area contributed by atoms with Crippen molar-refractivity contribution in [2.45, 2.75) is 13.3 Å². The van der Waals surface area contributed by atoms with Gasteiger partial charge >= 0.3 is 11.9 Å². The molecule has 0 atom stereocenters. The fourth-order valence-corrected chi connectivity index (χ4v) is 1.55. The molecule has 2 aromatic heterocycles. The number of hydrogen-bond donors (Lipinski definition) is 1. The Labute approximate surface area is 109 Å². The smallest absolute Gasteiger partial charge is 0.366 e. The number of pyridine rings is 1. The number of aromatic carboxylic acids is 1. The lowest BCUT2D eigenvalue weighted by Gasteiger charge is -2.07. The zero-order chi connectivity index (χ0) is 13.8. The van der Waals surface area contributed by atoms with Crippen molar-refractivity contribution in [3.63, 3.8) is 0 Å². The number of carbonyl (C=O) groups is 2. The van der Waals surface area contributed by atoms with Gasteiger partial charge in [0.05, 0.1) is 5.56 Å². The van der Waals surface area contributed by atoms with Gasteiger partial charge in [-0.25, -0.2) is 14.6 Å². The summed E-state index contributed by atoms with van der Waals surface area (Å²) in [6, 6.07) is 4.86. The molecule has 0 fully saturated rings. The Morgan fingerprint density at radius 3 is 2.63 bits per heavy atom. The molecule has 0 unspecified atom stereocenters. The van der Waals surface area contributed by atoms with Crippen molar-refractivity contribution in [3.05, 3.63) is 53.6 Å². The number of hydrogen-bond acceptors (Lipinski definition) is 4. The lowest BCUT2D eigenvalue weighted by molar-refractivity contribution is 0.0453. The topological polar surface area (TPSA) is 81.4 Å². The van der Waals surface area contributed by atoms with E-state index in [9.17, 15) is 9.59 Å². The zero-order valence-electron chi connectivity index (χ0n) is 10.2. The highest BCUT2D eigenvalue weighted by Gasteiger charge is 2.20. The summed E-state index contributed by atoms with van der Waals surface area (Å²) in [7, 11) is 0. The molecule has 0 aromatic carbocycles. The zero-order valence-corrected chi connectivity index (χ0v) is 10.2. The van der Waals surface area contributed by atoms with Gasteiger partial charge < -0.3 is 9.94 Å². The second-order valence-corrected chi connectivity index (χ2v) is 3.82. The van der Waals surface area contributed by atoms with Crippen molar-refractivity contribution in [2.24, 2.45) is 0 Å². The number of aryl methyl sites for hydroxylation is 1. The summed E-state index contributed by atoms with van der Waals surface area (Å²) in [6.45, 7) is 1.89. The molecule has 0 spiro atoms. The van der Waals surface area contributed by atoms with Crippen molar-refractivity contribution in [2.75, 3.05) is 0 Å². The number of carbonyl (C=O) groups excluding carboxylic acids is 1. The van der Waals surface area contributed by atoms with E-state index in [0.717, 1.165) is 5.56 Å². The van der Waals surface area contributed by atoms with Crippen LogP contribution in [0.3, 0.4) is 0 Å². The molecule has 19 heavy (non-hydrogen) atoms. The molecule has 0 saturated carbocycles. The molecule has 98 valence electrons. The minimum absolute atomic E-state index is 0.0550. The summed E-state index contributed by atoms with van der Waals surface area (Å²) in [5, 5.41) is 9.03. The van der Waals surface area contributed by atoms with Gasteiger partial charge in [0.1, 0.15) is 0 Å². The van der Waals surface area contributed by atoms with Crippen LogP contribution >= 0.6 is 0 Å². The van der Waals surface area contributed by atoms with E-state index >= 15 is 0 Å². The van der Waals surface area contributed by atoms with Crippen molar-refractivity contribution in [3.8, 4) is 0 Å². The second kappa shape index (κ2) is 5.34. The lowest BCUT2D eigenvalue weighted by Crippen LogP contribution is -2.22. The molecule has 0 bridgehead atoms. The average Bonchev–Trinajstić information content (AvgIpc) is 2.90. The van der Waals surface area contributed by atoms with Gasteiger partial charge in [-0.3, -0.25) is 0 Å². The Hall–Kier alpha value is -2.63. The fraction of sp³-hybridized carbons (Fsp3) is 0.154. The van der Waals surface area contributed by atoms with Crippen LogP contribution < -0.4 is 4.84 Å². The minimum atomic E-state index is -1.26. The summed E-state index contributed by atoms with van der Waals surface area (Å²) in [5.74, 6) is -2.02. The number of carboxylic acid groups (broad SMARTS) is 1. The summed E-state index contributed by atoms with van der Waals surface area (Å²) >= 11 is 0. The van der Waals surface area contributed by atoms with Gasteiger partial charge in [0.25, 0.3) is 0 Å². The van der Waals surface area contributed by atoms with E-state index in [1.807, 2.05) is 6.92 Å². The number of nitrogens with zero attached hydrogens (tertiary/aromatic N) is 2. The van der Waals surface area contributed by atoms with E-state index < -0.39 is 11.9 Å². The van der Waals surface area contributed by atoms with Crippen molar-refractivity contribution < 1.29 is 19.5 Å². The van der Waals surface area contributed by atoms with Crippen molar-refractivity contribution in [1.29, 1.82) is 0 Å². The summed E-state index contributed by atoms with van der Waals surface area (Å²) in [6.07, 6.45) is 5.16. The lowest BCUT2D eigenvalue weighted by atomic mass is 10.1. The van der Waals surface area contributed by atoms with E-state index in [4.69, 9.17) is 9.94 Å². The number of aromatic nitrogens is 2. The maximum Gasteiger partial charge on any atom is 0.366 e. The Kier molecular flexibility index (Phi) is 3.61. The van der Waals surface area contributed by atoms with Crippen LogP contribution in [0.2, 0.25) is 0 Å². The van der Waals surface area contributed by atoms with Gasteiger partial charge in [0, 0.05) is 18.6 Å². The summed E-state index contributed by atoms with van der Waals surface area (Å²) in [4.78, 5) is 31.8. The first-order valence-corrected chi connectivity index (χ1v) is 5.69. The first-order valence-electron chi connectivity index (χ1n) is 5.69. The third kappa shape index (κ3) is 2.79. The van der Waals surface area contributed by atoms with Crippen molar-refractivity contribution in [1.82, 2.24) is 9.71 Å². The van der Waals surface area contributed by atoms with E-state index in [1.165, 1.54) is 29.4 Å². The second-order valence-electron chi connectivity index (χ2n) is 3.82. The molecule has 2 aromatic rings. The molecule has 6 heteroatoms. The van der Waals surface area contributed by atoms with Crippen LogP contribution in [0.1, 0.15) is 33.3 Å². The molecule has 1 N–H and O–H groups in total. The van der Waals surface area contributed by atoms with Crippen LogP contribution in [-0.2, 0) is 6.42 Å². The molecule has 0 amide bonds. The Morgan fingerprint density at radius 1 is 1.37 bits per heavy atom. The van der Waals surface area contributed by atoms with Crippen LogP contribution in [0, 0.1) is 0 Å². The third-order valence-corrected chi connectivity index (χ3v) is 2.54. The quantitative estimate of drug-likeness (QED) is 0.898. The average molecular weight is 260 g/mol. The Morgan fingerprint density at radius 2 is 2.05 bits per heavy atom. The Bertz CT molecular complexity index is 605. The molecular weight excluding hydrogens is 248 g/mol. The molecule has 0 radical (unpaired) electrons. The normalized spacial score (nSPS) is 10.2. The van der Waals surface area contributed by atoms with Gasteiger partial charge in [-0.1, -0.05) is 6.92 Å². The first-order chi connectivity index (χ1) is 9.11. The minimum Gasteiger partial charge on any atom is -0.476 e. The maximum atomic E-state index is 12.0. The predicted octanol–water partition coefficient (Wildman–Crippen LogP) is 1.41. The third-order valence-electron chi connectivity index (χ3n) is 2.54. The molecule has 0 aliphatic heterocycles. The van der Waals surface area contributed by atoms with Gasteiger partial charge in [0.15, 0.2) is 5.69 Å². The molecule has 0 saturated heterocycles. The highest BCUT2D eigenvalue weighted by molar-refractivity contribution is 6.01. The number of rotatable bonds is 4. The van der Waals surface area contributed by atoms with Crippen molar-refractivity contribution >= 4 is 11.9 Å². The monoisotopic (exact) mass is 260 g/mol. The van der Waals surface area contributed by atoms with Crippen LogP contribution in [0.5, 0.6) is 0 Å². The van der Waals surface area contributed by atoms with E-state index in [0.29, 0.717) is 6.42 Å². The maximum absolute atomic E-state index is 12.0. The van der Waals surface area contributed by atoms with Crippen LogP contribution in [0.15, 0.2) is 36.8 Å². The van der Waals surface area contributed by atoms with Gasteiger partial charge in [-0.15, -0.1) is 0 Å². The number of carboxylic acids is 1. The highest BCUT2D eigenvalue weighted by Crippen LogP contribution is 2.11. The van der Waals surface area contributed by atoms with E-state index in [1.54, 1.807) is 12.1 Å². The van der Waals surface area contributed by atoms with Crippen LogP contribution in [0.4, 0.5) is 0 Å². The molecule has 2 heterocycles. The van der Waals surface area contributed by atoms with Gasteiger partial charge in [-0.05, 0) is 30.2 Å². The summed E-state index contributed by atoms with van der Waals surface area (Å²) < 4.78 is 1.20. The predicted molar refractivity (Wildman–Crippen MR) is 65.9 cm³/mol. The SMILES string of the molecule is CCc1cnc(C(=O)O)c(C(=O)On2cccc2)c1. The summed E-state index contributed by atoms with van der Waals surface area (Å²) in [5.41, 5.74) is 0.402. The molecular formula is C13H12N2O4. The van der Waals surface area contributed by atoms with Crippen LogP contribution in [-0.4, -0.2) is 26.8 Å². The highest BCUT2D eigenvalue weighted by atomic mass is 16.7. The van der Waals surface area contributed by atoms with Gasteiger partial charge in [-0.2, -0.15) is 4.73 Å². The van der Waals surface area contributed by atoms with Crippen LogP contribution in [0.25, 0.3) is 0 Å². The first kappa shape index (κ1) is 12.8. The molecule has 0 aliphatic carbocycles. The Balaban J connectivity index is 2.35.